The number of esters is 1. The van der Waals surface area contributed by atoms with Crippen LogP contribution in [0.3, 0.4) is 0 Å². The first-order valence-electron chi connectivity index (χ1n) is 7.60. The minimum Gasteiger partial charge on any atom is -0.480 e. The summed E-state index contributed by atoms with van der Waals surface area (Å²) in [6, 6.07) is 0. The Balaban J connectivity index is 4.34. The van der Waals surface area contributed by atoms with Crippen LogP contribution in [0.4, 0.5) is 0 Å². The second kappa shape index (κ2) is 11.9. The summed E-state index contributed by atoms with van der Waals surface area (Å²) >= 11 is 0. The number of likely N-dealkylation sites (N-methyl/N-ethyl adjacent to an activating group) is 2. The first kappa shape index (κ1) is 21.4. The molecule has 8 heteroatoms. The van der Waals surface area contributed by atoms with E-state index < -0.39 is 24.4 Å². The molecule has 0 bridgehead atoms. The lowest BCUT2D eigenvalue weighted by atomic mass is 10.4. The van der Waals surface area contributed by atoms with Crippen molar-refractivity contribution in [3.8, 4) is 0 Å². The van der Waals surface area contributed by atoms with Gasteiger partial charge in [-0.3, -0.25) is 19.2 Å². The van der Waals surface area contributed by atoms with Crippen LogP contribution in [0.2, 0.25) is 0 Å². The van der Waals surface area contributed by atoms with Gasteiger partial charge in [0.25, 0.3) is 0 Å². The van der Waals surface area contributed by atoms with Gasteiger partial charge in [0, 0.05) is 19.2 Å². The van der Waals surface area contributed by atoms with Crippen LogP contribution in [0.25, 0.3) is 0 Å². The average molecular weight is 340 g/mol. The molecule has 2 amide bonds. The Morgan fingerprint density at radius 1 is 0.958 bits per heavy atom. The smallest absolute Gasteiger partial charge is 0.325 e. The standard InChI is InChI=1S/C16H24N2O6/c1-4-8-13(19)18(6-3)12-16(23)24-10-7-9-14(20)17(5-2)11-15(21)22/h4,7-9H,5-6,10-12H2,1-3H3,(H,21,22)/b8-4+,9-7+. The molecular weight excluding hydrogens is 316 g/mol. The van der Waals surface area contributed by atoms with Crippen molar-refractivity contribution in [2.45, 2.75) is 20.8 Å². The van der Waals surface area contributed by atoms with Gasteiger partial charge in [-0.05, 0) is 32.9 Å². The zero-order valence-corrected chi connectivity index (χ0v) is 14.2. The molecule has 0 aliphatic rings. The van der Waals surface area contributed by atoms with Crippen molar-refractivity contribution in [3.05, 3.63) is 24.3 Å². The molecule has 0 aliphatic carbocycles. The number of carbonyl (C=O) groups is 4. The number of allylic oxidation sites excluding steroid dienone is 1. The summed E-state index contributed by atoms with van der Waals surface area (Å²) in [6.07, 6.45) is 5.43. The van der Waals surface area contributed by atoms with Gasteiger partial charge in [-0.1, -0.05) is 6.08 Å². The van der Waals surface area contributed by atoms with Crippen LogP contribution >= 0.6 is 0 Å². The molecule has 0 saturated carbocycles. The molecule has 24 heavy (non-hydrogen) atoms. The van der Waals surface area contributed by atoms with E-state index in [1.54, 1.807) is 26.8 Å². The van der Waals surface area contributed by atoms with Crippen LogP contribution < -0.4 is 0 Å². The minimum atomic E-state index is -1.10. The van der Waals surface area contributed by atoms with Crippen molar-refractivity contribution in [3.63, 3.8) is 0 Å². The molecule has 0 fully saturated rings. The third-order valence-electron chi connectivity index (χ3n) is 2.94. The monoisotopic (exact) mass is 340 g/mol. The van der Waals surface area contributed by atoms with Gasteiger partial charge in [0.05, 0.1) is 0 Å². The van der Waals surface area contributed by atoms with Gasteiger partial charge in [-0.2, -0.15) is 0 Å². The zero-order chi connectivity index (χ0) is 18.5. The van der Waals surface area contributed by atoms with Gasteiger partial charge < -0.3 is 19.6 Å². The molecular formula is C16H24N2O6. The number of amides is 2. The van der Waals surface area contributed by atoms with E-state index in [1.807, 2.05) is 0 Å². The number of nitrogens with zero attached hydrogens (tertiary/aromatic N) is 2. The molecule has 0 spiro atoms. The van der Waals surface area contributed by atoms with E-state index in [9.17, 15) is 19.2 Å². The minimum absolute atomic E-state index is 0.134. The van der Waals surface area contributed by atoms with Crippen molar-refractivity contribution in [1.82, 2.24) is 9.80 Å². The highest BCUT2D eigenvalue weighted by atomic mass is 16.5. The fourth-order valence-corrected chi connectivity index (χ4v) is 1.70. The molecule has 0 saturated heterocycles. The molecule has 8 nitrogen and oxygen atoms in total. The molecule has 0 aliphatic heterocycles. The van der Waals surface area contributed by atoms with E-state index in [-0.39, 0.29) is 25.6 Å². The largest absolute Gasteiger partial charge is 0.480 e. The molecule has 0 aromatic rings. The molecule has 134 valence electrons. The van der Waals surface area contributed by atoms with Crippen molar-refractivity contribution in [2.24, 2.45) is 0 Å². The van der Waals surface area contributed by atoms with E-state index in [1.165, 1.54) is 17.1 Å². The fraction of sp³-hybridized carbons (Fsp3) is 0.500. The summed E-state index contributed by atoms with van der Waals surface area (Å²) in [5, 5.41) is 8.67. The molecule has 0 unspecified atom stereocenters. The molecule has 1 N–H and O–H groups in total. The van der Waals surface area contributed by atoms with E-state index in [4.69, 9.17) is 9.84 Å². The second-order valence-electron chi connectivity index (χ2n) is 4.68. The Morgan fingerprint density at radius 2 is 1.50 bits per heavy atom. The van der Waals surface area contributed by atoms with Crippen LogP contribution in [0.1, 0.15) is 20.8 Å². The number of hydrogen-bond acceptors (Lipinski definition) is 5. The molecule has 0 heterocycles. The third-order valence-corrected chi connectivity index (χ3v) is 2.94. The molecule has 0 atom stereocenters. The van der Waals surface area contributed by atoms with Crippen molar-refractivity contribution in [2.75, 3.05) is 32.8 Å². The second-order valence-corrected chi connectivity index (χ2v) is 4.68. The van der Waals surface area contributed by atoms with Gasteiger partial charge in [0.1, 0.15) is 19.7 Å². The van der Waals surface area contributed by atoms with Gasteiger partial charge in [0.15, 0.2) is 0 Å². The lowest BCUT2D eigenvalue weighted by molar-refractivity contribution is -0.147. The SMILES string of the molecule is C/C=C/C(=O)N(CC)CC(=O)OC/C=C/C(=O)N(CC)CC(=O)O. The molecule has 0 aromatic heterocycles. The van der Waals surface area contributed by atoms with Gasteiger partial charge in [-0.15, -0.1) is 0 Å². The van der Waals surface area contributed by atoms with Crippen molar-refractivity contribution < 1.29 is 29.0 Å². The number of carbonyl (C=O) groups excluding carboxylic acids is 3. The van der Waals surface area contributed by atoms with Crippen LogP contribution in [0.5, 0.6) is 0 Å². The highest BCUT2D eigenvalue weighted by Crippen LogP contribution is 1.95. The zero-order valence-electron chi connectivity index (χ0n) is 14.2. The van der Waals surface area contributed by atoms with Crippen LogP contribution in [0, 0.1) is 0 Å². The van der Waals surface area contributed by atoms with Crippen LogP contribution in [-0.2, 0) is 23.9 Å². The lowest BCUT2D eigenvalue weighted by Crippen LogP contribution is -2.35. The van der Waals surface area contributed by atoms with Gasteiger partial charge in [-0.25, -0.2) is 0 Å². The first-order chi connectivity index (χ1) is 11.3. The van der Waals surface area contributed by atoms with E-state index in [0.29, 0.717) is 6.54 Å². The fourth-order valence-electron chi connectivity index (χ4n) is 1.70. The number of ether oxygens (including phenoxy) is 1. The van der Waals surface area contributed by atoms with Crippen LogP contribution in [0.15, 0.2) is 24.3 Å². The summed E-state index contributed by atoms with van der Waals surface area (Å²) in [6.45, 7) is 5.03. The van der Waals surface area contributed by atoms with Gasteiger partial charge in [0.2, 0.25) is 11.8 Å². The Hall–Kier alpha value is -2.64. The highest BCUT2D eigenvalue weighted by molar-refractivity contribution is 5.90. The maximum absolute atomic E-state index is 11.7. The average Bonchev–Trinajstić information content (AvgIpc) is 2.53. The van der Waals surface area contributed by atoms with Crippen molar-refractivity contribution >= 4 is 23.8 Å². The number of carboxylic acids is 1. The van der Waals surface area contributed by atoms with E-state index >= 15 is 0 Å². The highest BCUT2D eigenvalue weighted by Gasteiger charge is 2.14. The first-order valence-corrected chi connectivity index (χ1v) is 7.60. The summed E-state index contributed by atoms with van der Waals surface area (Å²) < 4.78 is 4.92. The molecule has 0 aromatic carbocycles. The van der Waals surface area contributed by atoms with E-state index in [0.717, 1.165) is 11.0 Å². The maximum Gasteiger partial charge on any atom is 0.325 e. The molecule has 0 radical (unpaired) electrons. The quantitative estimate of drug-likeness (QED) is 0.457. The number of carboxylic acid groups (broad SMARTS) is 1. The normalized spacial score (nSPS) is 10.8. The third kappa shape index (κ3) is 8.72. The Morgan fingerprint density at radius 3 is 2.00 bits per heavy atom. The molecule has 0 rings (SSSR count). The topological polar surface area (TPSA) is 104 Å². The summed E-state index contributed by atoms with van der Waals surface area (Å²) in [4.78, 5) is 48.1. The Kier molecular flexibility index (Phi) is 10.6. The van der Waals surface area contributed by atoms with Gasteiger partial charge >= 0.3 is 11.9 Å². The number of hydrogen-bond donors (Lipinski definition) is 1. The predicted octanol–water partition coefficient (Wildman–Crippen LogP) is 0.444. The lowest BCUT2D eigenvalue weighted by Gasteiger charge is -2.17. The van der Waals surface area contributed by atoms with Crippen molar-refractivity contribution in [1.29, 1.82) is 0 Å². The van der Waals surface area contributed by atoms with E-state index in [2.05, 4.69) is 0 Å². The number of rotatable bonds is 10. The summed E-state index contributed by atoms with van der Waals surface area (Å²) in [5.41, 5.74) is 0. The van der Waals surface area contributed by atoms with Crippen LogP contribution in [-0.4, -0.2) is 71.4 Å². The maximum atomic E-state index is 11.7. The Bertz CT molecular complexity index is 513. The number of aliphatic carboxylic acids is 1. The predicted molar refractivity (Wildman–Crippen MR) is 87.1 cm³/mol. The summed E-state index contributed by atoms with van der Waals surface area (Å²) in [7, 11) is 0. The Labute approximate surface area is 141 Å². The summed E-state index contributed by atoms with van der Waals surface area (Å²) in [5.74, 6) is -2.45.